The van der Waals surface area contributed by atoms with Gasteiger partial charge in [0.15, 0.2) is 0 Å². The summed E-state index contributed by atoms with van der Waals surface area (Å²) in [5, 5.41) is 4.26. The van der Waals surface area contributed by atoms with E-state index in [1.165, 1.54) is 33.5 Å². The first kappa shape index (κ1) is 25.0. The second kappa shape index (κ2) is 10.4. The van der Waals surface area contributed by atoms with Crippen LogP contribution >= 0.6 is 15.9 Å². The van der Waals surface area contributed by atoms with Crippen LogP contribution in [0, 0.1) is 20.8 Å². The molecule has 0 fully saturated rings. The molecule has 5 aromatic rings. The third-order valence-electron chi connectivity index (χ3n) is 7.35. The summed E-state index contributed by atoms with van der Waals surface area (Å²) >= 11 is 3.51. The zero-order chi connectivity index (χ0) is 26.1. The minimum Gasteiger partial charge on any atom is -0.346 e. The Balaban J connectivity index is 1.38. The summed E-state index contributed by atoms with van der Waals surface area (Å²) in [7, 11) is 0. The summed E-state index contributed by atoms with van der Waals surface area (Å²) in [6.07, 6.45) is 0. The van der Waals surface area contributed by atoms with Crippen LogP contribution in [0.3, 0.4) is 0 Å². The van der Waals surface area contributed by atoms with Gasteiger partial charge >= 0.3 is 0 Å². The van der Waals surface area contributed by atoms with Gasteiger partial charge in [0, 0.05) is 33.2 Å². The fourth-order valence-electron chi connectivity index (χ4n) is 5.00. The predicted octanol–water partition coefficient (Wildman–Crippen LogP) is 8.54. The average molecular weight is 552 g/mol. The summed E-state index contributed by atoms with van der Waals surface area (Å²) in [4.78, 5) is 13.1. The summed E-state index contributed by atoms with van der Waals surface area (Å²) < 4.78 is 3.35. The lowest BCUT2D eigenvalue weighted by atomic mass is 9.99. The normalized spacial score (nSPS) is 12.0. The lowest BCUT2D eigenvalue weighted by Crippen LogP contribution is -2.26. The van der Waals surface area contributed by atoms with Crippen molar-refractivity contribution in [2.45, 2.75) is 40.3 Å². The van der Waals surface area contributed by atoms with E-state index in [9.17, 15) is 4.79 Å². The van der Waals surface area contributed by atoms with Crippen LogP contribution in [0.15, 0.2) is 95.5 Å². The van der Waals surface area contributed by atoms with E-state index in [1.54, 1.807) is 0 Å². The SMILES string of the molecule is Cc1ccccc1-c1ccc(Cn2c(C)c(C)c3cc(C(=O)N[C@@H](C)c4cccc(Br)c4)ccc32)cc1. The number of halogens is 1. The molecule has 37 heavy (non-hydrogen) atoms. The molecule has 4 heteroatoms. The van der Waals surface area contributed by atoms with E-state index in [2.05, 4.69) is 101 Å². The molecule has 0 spiro atoms. The van der Waals surface area contributed by atoms with Gasteiger partial charge in [-0.3, -0.25) is 4.79 Å². The van der Waals surface area contributed by atoms with E-state index >= 15 is 0 Å². The molecule has 0 bridgehead atoms. The van der Waals surface area contributed by atoms with Gasteiger partial charge < -0.3 is 9.88 Å². The fourth-order valence-corrected chi connectivity index (χ4v) is 5.42. The van der Waals surface area contributed by atoms with Crippen LogP contribution in [-0.2, 0) is 6.54 Å². The second-order valence-electron chi connectivity index (χ2n) is 9.79. The molecule has 0 saturated heterocycles. The first-order valence-corrected chi connectivity index (χ1v) is 13.4. The molecule has 4 aromatic carbocycles. The number of nitrogens with one attached hydrogen (secondary N) is 1. The lowest BCUT2D eigenvalue weighted by Gasteiger charge is -2.15. The van der Waals surface area contributed by atoms with Crippen molar-refractivity contribution in [1.29, 1.82) is 0 Å². The zero-order valence-corrected chi connectivity index (χ0v) is 23.3. The maximum Gasteiger partial charge on any atom is 0.251 e. The van der Waals surface area contributed by atoms with Crippen LogP contribution in [0.1, 0.15) is 51.3 Å². The number of hydrogen-bond donors (Lipinski definition) is 1. The van der Waals surface area contributed by atoms with Gasteiger partial charge in [-0.1, -0.05) is 76.6 Å². The van der Waals surface area contributed by atoms with Crippen molar-refractivity contribution < 1.29 is 4.79 Å². The molecule has 0 aliphatic heterocycles. The Morgan fingerprint density at radius 1 is 0.892 bits per heavy atom. The first-order valence-electron chi connectivity index (χ1n) is 12.6. The van der Waals surface area contributed by atoms with Crippen LogP contribution in [0.2, 0.25) is 0 Å². The molecule has 1 heterocycles. The second-order valence-corrected chi connectivity index (χ2v) is 10.7. The molecule has 1 atom stereocenters. The molecule has 1 aromatic heterocycles. The highest BCUT2D eigenvalue weighted by Gasteiger charge is 2.16. The van der Waals surface area contributed by atoms with E-state index in [4.69, 9.17) is 0 Å². The Bertz CT molecular complexity index is 1600. The third-order valence-corrected chi connectivity index (χ3v) is 7.84. The van der Waals surface area contributed by atoms with Crippen LogP contribution < -0.4 is 5.32 Å². The van der Waals surface area contributed by atoms with E-state index in [1.807, 2.05) is 43.3 Å². The maximum absolute atomic E-state index is 13.1. The average Bonchev–Trinajstić information content (AvgIpc) is 3.13. The minimum atomic E-state index is -0.0872. The van der Waals surface area contributed by atoms with Crippen LogP contribution in [0.5, 0.6) is 0 Å². The molecule has 1 amide bonds. The van der Waals surface area contributed by atoms with E-state index < -0.39 is 0 Å². The predicted molar refractivity (Wildman–Crippen MR) is 157 cm³/mol. The fraction of sp³-hybridized carbons (Fsp3) is 0.182. The molecular formula is C33H31BrN2O. The number of fused-ring (bicyclic) bond motifs is 1. The van der Waals surface area contributed by atoms with E-state index in [0.717, 1.165) is 27.5 Å². The number of aryl methyl sites for hydroxylation is 2. The maximum atomic E-state index is 13.1. The molecule has 5 rings (SSSR count). The van der Waals surface area contributed by atoms with Crippen molar-refractivity contribution in [2.24, 2.45) is 0 Å². The number of rotatable bonds is 6. The largest absolute Gasteiger partial charge is 0.346 e. The van der Waals surface area contributed by atoms with Crippen molar-refractivity contribution in [2.75, 3.05) is 0 Å². The minimum absolute atomic E-state index is 0.0639. The van der Waals surface area contributed by atoms with Gasteiger partial charge in [0.05, 0.1) is 6.04 Å². The van der Waals surface area contributed by atoms with E-state index in [0.29, 0.717) is 5.56 Å². The molecule has 0 radical (unpaired) electrons. The molecular weight excluding hydrogens is 520 g/mol. The van der Waals surface area contributed by atoms with Gasteiger partial charge in [0.1, 0.15) is 0 Å². The Morgan fingerprint density at radius 2 is 1.65 bits per heavy atom. The van der Waals surface area contributed by atoms with E-state index in [-0.39, 0.29) is 11.9 Å². The van der Waals surface area contributed by atoms with Gasteiger partial charge in [0.25, 0.3) is 5.91 Å². The monoisotopic (exact) mass is 550 g/mol. The highest BCUT2D eigenvalue weighted by molar-refractivity contribution is 9.10. The number of aromatic nitrogens is 1. The number of amides is 1. The molecule has 0 unspecified atom stereocenters. The Morgan fingerprint density at radius 3 is 2.38 bits per heavy atom. The Hall–Kier alpha value is -3.63. The quantitative estimate of drug-likeness (QED) is 0.226. The van der Waals surface area contributed by atoms with Gasteiger partial charge in [-0.05, 0) is 91.4 Å². The standard InChI is InChI=1S/C33H31BrN2O/c1-21-8-5-6-11-30(21)26-14-12-25(13-15-26)20-36-24(4)22(2)31-19-28(16-17-32(31)36)33(37)35-23(3)27-9-7-10-29(34)18-27/h5-19,23H,20H2,1-4H3,(H,35,37)/t23-/m0/s1. The Labute approximate surface area is 227 Å². The molecule has 3 nitrogen and oxygen atoms in total. The highest BCUT2D eigenvalue weighted by atomic mass is 79.9. The van der Waals surface area contributed by atoms with Gasteiger partial charge in [-0.25, -0.2) is 0 Å². The number of nitrogens with zero attached hydrogens (tertiary/aromatic N) is 1. The van der Waals surface area contributed by atoms with Crippen molar-refractivity contribution >= 4 is 32.7 Å². The number of carbonyl (C=O) groups excluding carboxylic acids is 1. The molecule has 0 aliphatic rings. The number of hydrogen-bond acceptors (Lipinski definition) is 1. The zero-order valence-electron chi connectivity index (χ0n) is 21.7. The highest BCUT2D eigenvalue weighted by Crippen LogP contribution is 2.29. The van der Waals surface area contributed by atoms with Crippen LogP contribution in [-0.4, -0.2) is 10.5 Å². The molecule has 0 saturated carbocycles. The smallest absolute Gasteiger partial charge is 0.251 e. The van der Waals surface area contributed by atoms with Crippen LogP contribution in [0.25, 0.3) is 22.0 Å². The molecule has 186 valence electrons. The van der Waals surface area contributed by atoms with Crippen molar-refractivity contribution in [3.05, 3.63) is 129 Å². The lowest BCUT2D eigenvalue weighted by molar-refractivity contribution is 0.0940. The van der Waals surface area contributed by atoms with Crippen LogP contribution in [0.4, 0.5) is 0 Å². The molecule has 1 N–H and O–H groups in total. The van der Waals surface area contributed by atoms with Crippen molar-refractivity contribution in [3.63, 3.8) is 0 Å². The third kappa shape index (κ3) is 5.12. The summed E-state index contributed by atoms with van der Waals surface area (Å²) in [6.45, 7) is 9.24. The van der Waals surface area contributed by atoms with Gasteiger partial charge in [-0.2, -0.15) is 0 Å². The number of benzene rings is 4. The summed E-state index contributed by atoms with van der Waals surface area (Å²) in [6, 6.07) is 31.3. The Kier molecular flexibility index (Phi) is 7.03. The summed E-state index contributed by atoms with van der Waals surface area (Å²) in [5.41, 5.74) is 10.4. The van der Waals surface area contributed by atoms with Crippen molar-refractivity contribution in [3.8, 4) is 11.1 Å². The van der Waals surface area contributed by atoms with Gasteiger partial charge in [0.2, 0.25) is 0 Å². The molecule has 0 aliphatic carbocycles. The number of carbonyl (C=O) groups is 1. The van der Waals surface area contributed by atoms with Crippen molar-refractivity contribution in [1.82, 2.24) is 9.88 Å². The summed E-state index contributed by atoms with van der Waals surface area (Å²) in [5.74, 6) is -0.0639. The topological polar surface area (TPSA) is 34.0 Å². The first-order chi connectivity index (χ1) is 17.8. The van der Waals surface area contributed by atoms with Gasteiger partial charge in [-0.15, -0.1) is 0 Å².